The van der Waals surface area contributed by atoms with Crippen molar-refractivity contribution in [2.45, 2.75) is 44.1 Å². The summed E-state index contributed by atoms with van der Waals surface area (Å²) in [6.07, 6.45) is 5.69. The van der Waals surface area contributed by atoms with Crippen LogP contribution in [0.2, 0.25) is 0 Å². The zero-order chi connectivity index (χ0) is 14.6. The molecule has 0 unspecified atom stereocenters. The van der Waals surface area contributed by atoms with E-state index in [4.69, 9.17) is 5.11 Å². The fourth-order valence-electron chi connectivity index (χ4n) is 2.79. The van der Waals surface area contributed by atoms with Crippen molar-refractivity contribution in [2.75, 3.05) is 26.0 Å². The van der Waals surface area contributed by atoms with E-state index in [1.807, 2.05) is 5.38 Å². The van der Waals surface area contributed by atoms with Crippen molar-refractivity contribution >= 4 is 22.4 Å². The molecule has 112 valence electrons. The van der Waals surface area contributed by atoms with Gasteiger partial charge in [-0.3, -0.25) is 4.79 Å². The standard InChI is InChI=1S/C14H23N3O2S/c1-17(2)14(7-3-4-8-14)10-15-13-16-11(9-20-13)5-6-12(18)19/h9H,3-8,10H2,1-2H3,(H,15,16)(H,18,19). The molecule has 0 saturated heterocycles. The van der Waals surface area contributed by atoms with Gasteiger partial charge in [0.05, 0.1) is 12.1 Å². The fourth-order valence-corrected chi connectivity index (χ4v) is 3.54. The Morgan fingerprint density at radius 1 is 1.50 bits per heavy atom. The number of hydrogen-bond acceptors (Lipinski definition) is 5. The zero-order valence-corrected chi connectivity index (χ0v) is 13.0. The van der Waals surface area contributed by atoms with Crippen LogP contribution in [0, 0.1) is 0 Å². The van der Waals surface area contributed by atoms with E-state index in [1.165, 1.54) is 25.7 Å². The van der Waals surface area contributed by atoms with Crippen molar-refractivity contribution in [3.63, 3.8) is 0 Å². The molecule has 2 N–H and O–H groups in total. The zero-order valence-electron chi connectivity index (χ0n) is 12.2. The van der Waals surface area contributed by atoms with E-state index >= 15 is 0 Å². The number of aliphatic carboxylic acids is 1. The SMILES string of the molecule is CN(C)C1(CNc2nc(CCC(=O)O)cs2)CCCC1. The van der Waals surface area contributed by atoms with Gasteiger partial charge in [0.25, 0.3) is 0 Å². The molecular weight excluding hydrogens is 274 g/mol. The Kier molecular flexibility index (Phi) is 4.99. The van der Waals surface area contributed by atoms with Gasteiger partial charge in [-0.15, -0.1) is 11.3 Å². The van der Waals surface area contributed by atoms with Gasteiger partial charge in [-0.1, -0.05) is 12.8 Å². The van der Waals surface area contributed by atoms with Crippen LogP contribution in [0.15, 0.2) is 5.38 Å². The molecule has 0 radical (unpaired) electrons. The summed E-state index contributed by atoms with van der Waals surface area (Å²) in [5.41, 5.74) is 1.11. The number of carboxylic acids is 1. The minimum Gasteiger partial charge on any atom is -0.481 e. The Balaban J connectivity index is 1.88. The van der Waals surface area contributed by atoms with Crippen molar-refractivity contribution in [3.05, 3.63) is 11.1 Å². The fraction of sp³-hybridized carbons (Fsp3) is 0.714. The van der Waals surface area contributed by atoms with Crippen LogP contribution in [0.1, 0.15) is 37.8 Å². The summed E-state index contributed by atoms with van der Waals surface area (Å²) < 4.78 is 0. The number of rotatable bonds is 7. The van der Waals surface area contributed by atoms with E-state index in [0.717, 1.165) is 17.4 Å². The Morgan fingerprint density at radius 3 is 2.80 bits per heavy atom. The van der Waals surface area contributed by atoms with Gasteiger partial charge in [-0.2, -0.15) is 0 Å². The normalized spacial score (nSPS) is 17.6. The van der Waals surface area contributed by atoms with Gasteiger partial charge in [0.1, 0.15) is 0 Å². The summed E-state index contributed by atoms with van der Waals surface area (Å²) in [4.78, 5) is 17.3. The summed E-state index contributed by atoms with van der Waals surface area (Å²) in [6.45, 7) is 0.909. The largest absolute Gasteiger partial charge is 0.481 e. The van der Waals surface area contributed by atoms with Crippen LogP contribution in [0.3, 0.4) is 0 Å². The molecule has 1 saturated carbocycles. The van der Waals surface area contributed by atoms with Gasteiger partial charge in [-0.25, -0.2) is 4.98 Å². The number of carbonyl (C=O) groups is 1. The number of aromatic nitrogens is 1. The molecule has 0 spiro atoms. The number of anilines is 1. The van der Waals surface area contributed by atoms with Crippen molar-refractivity contribution in [1.82, 2.24) is 9.88 Å². The minimum absolute atomic E-state index is 0.144. The highest BCUT2D eigenvalue weighted by atomic mass is 32.1. The lowest BCUT2D eigenvalue weighted by Gasteiger charge is -2.36. The predicted molar refractivity (Wildman–Crippen MR) is 81.4 cm³/mol. The summed E-state index contributed by atoms with van der Waals surface area (Å²) in [5, 5.41) is 15.0. The van der Waals surface area contributed by atoms with Crippen LogP contribution in [-0.2, 0) is 11.2 Å². The Labute approximate surface area is 124 Å². The average molecular weight is 297 g/mol. The van der Waals surface area contributed by atoms with Gasteiger partial charge in [0.15, 0.2) is 5.13 Å². The molecule has 1 aliphatic carbocycles. The van der Waals surface area contributed by atoms with Crippen LogP contribution in [0.4, 0.5) is 5.13 Å². The first-order valence-corrected chi connectivity index (χ1v) is 7.97. The highest BCUT2D eigenvalue weighted by Gasteiger charge is 2.35. The quantitative estimate of drug-likeness (QED) is 0.809. The molecule has 1 fully saturated rings. The minimum atomic E-state index is -0.773. The second-order valence-electron chi connectivity index (χ2n) is 5.72. The van der Waals surface area contributed by atoms with Crippen molar-refractivity contribution in [1.29, 1.82) is 0 Å². The Bertz CT molecular complexity index is 453. The van der Waals surface area contributed by atoms with E-state index in [2.05, 4.69) is 29.3 Å². The second-order valence-corrected chi connectivity index (χ2v) is 6.58. The van der Waals surface area contributed by atoms with Gasteiger partial charge in [0.2, 0.25) is 0 Å². The predicted octanol–water partition coefficient (Wildman–Crippen LogP) is 2.45. The maximum atomic E-state index is 10.6. The molecule has 6 heteroatoms. The molecule has 1 aromatic heterocycles. The lowest BCUT2D eigenvalue weighted by atomic mass is 9.96. The van der Waals surface area contributed by atoms with Crippen LogP contribution in [0.25, 0.3) is 0 Å². The lowest BCUT2D eigenvalue weighted by molar-refractivity contribution is -0.136. The first-order valence-electron chi connectivity index (χ1n) is 7.09. The smallest absolute Gasteiger partial charge is 0.303 e. The third kappa shape index (κ3) is 3.70. The molecule has 1 aliphatic rings. The van der Waals surface area contributed by atoms with Crippen molar-refractivity contribution in [2.24, 2.45) is 0 Å². The number of aryl methyl sites for hydroxylation is 1. The van der Waals surface area contributed by atoms with Crippen molar-refractivity contribution < 1.29 is 9.90 Å². The molecular formula is C14H23N3O2S. The Hall–Kier alpha value is -1.14. The van der Waals surface area contributed by atoms with E-state index in [-0.39, 0.29) is 12.0 Å². The number of likely N-dealkylation sites (N-methyl/N-ethyl adjacent to an activating group) is 1. The van der Waals surface area contributed by atoms with E-state index in [0.29, 0.717) is 6.42 Å². The van der Waals surface area contributed by atoms with E-state index < -0.39 is 5.97 Å². The molecule has 20 heavy (non-hydrogen) atoms. The van der Waals surface area contributed by atoms with E-state index in [1.54, 1.807) is 11.3 Å². The first-order chi connectivity index (χ1) is 9.52. The molecule has 2 rings (SSSR count). The number of nitrogens with zero attached hydrogens (tertiary/aromatic N) is 2. The maximum absolute atomic E-state index is 10.6. The van der Waals surface area contributed by atoms with Crippen LogP contribution in [-0.4, -0.2) is 47.1 Å². The third-order valence-electron chi connectivity index (χ3n) is 4.20. The van der Waals surface area contributed by atoms with Gasteiger partial charge in [0, 0.05) is 23.9 Å². The molecule has 1 aromatic rings. The number of hydrogen-bond donors (Lipinski definition) is 2. The topological polar surface area (TPSA) is 65.5 Å². The molecule has 0 atom stereocenters. The van der Waals surface area contributed by atoms with Gasteiger partial charge >= 0.3 is 5.97 Å². The van der Waals surface area contributed by atoms with Crippen LogP contribution in [0.5, 0.6) is 0 Å². The lowest BCUT2D eigenvalue weighted by Crippen LogP contribution is -2.47. The summed E-state index contributed by atoms with van der Waals surface area (Å²) in [7, 11) is 4.29. The maximum Gasteiger partial charge on any atom is 0.303 e. The first kappa shape index (κ1) is 15.3. The molecule has 0 bridgehead atoms. The molecule has 0 amide bonds. The number of carboxylic acid groups (broad SMARTS) is 1. The second kappa shape index (κ2) is 6.54. The Morgan fingerprint density at radius 2 is 2.20 bits per heavy atom. The highest BCUT2D eigenvalue weighted by Crippen LogP contribution is 2.34. The van der Waals surface area contributed by atoms with Crippen molar-refractivity contribution in [3.8, 4) is 0 Å². The number of thiazole rings is 1. The van der Waals surface area contributed by atoms with E-state index in [9.17, 15) is 4.79 Å². The van der Waals surface area contributed by atoms with Crippen LogP contribution < -0.4 is 5.32 Å². The molecule has 5 nitrogen and oxygen atoms in total. The van der Waals surface area contributed by atoms with Gasteiger partial charge in [-0.05, 0) is 26.9 Å². The monoisotopic (exact) mass is 297 g/mol. The third-order valence-corrected chi connectivity index (χ3v) is 5.05. The molecule has 0 aliphatic heterocycles. The molecule has 0 aromatic carbocycles. The molecule has 1 heterocycles. The summed E-state index contributed by atoms with van der Waals surface area (Å²) in [6, 6.07) is 0. The average Bonchev–Trinajstić information content (AvgIpc) is 3.04. The highest BCUT2D eigenvalue weighted by molar-refractivity contribution is 7.13. The summed E-state index contributed by atoms with van der Waals surface area (Å²) >= 11 is 1.56. The summed E-state index contributed by atoms with van der Waals surface area (Å²) in [5.74, 6) is -0.773. The number of nitrogens with one attached hydrogen (secondary N) is 1. The van der Waals surface area contributed by atoms with Crippen LogP contribution >= 0.6 is 11.3 Å². The van der Waals surface area contributed by atoms with Gasteiger partial charge < -0.3 is 15.3 Å².